The number of nitrogens with zero attached hydrogens (tertiary/aromatic N) is 1. The highest BCUT2D eigenvalue weighted by Crippen LogP contribution is 2.26. The molecule has 0 aromatic heterocycles. The summed E-state index contributed by atoms with van der Waals surface area (Å²) in [5.74, 6) is -1.17. The number of fused-ring (bicyclic) bond motifs is 1. The molecule has 7 nitrogen and oxygen atoms in total. The summed E-state index contributed by atoms with van der Waals surface area (Å²) in [6, 6.07) is 11.4. The number of methoxy groups -OCH3 is 1. The van der Waals surface area contributed by atoms with Crippen LogP contribution >= 0.6 is 0 Å². The van der Waals surface area contributed by atoms with Crippen LogP contribution in [0.3, 0.4) is 0 Å². The second-order valence-electron chi connectivity index (χ2n) is 4.65. The average Bonchev–Trinajstić information content (AvgIpc) is 2.80. The molecule has 0 fully saturated rings. The Balaban J connectivity index is 1.89. The summed E-state index contributed by atoms with van der Waals surface area (Å²) in [6.45, 7) is 0. The third-order valence-electron chi connectivity index (χ3n) is 3.28. The van der Waals surface area contributed by atoms with Gasteiger partial charge in [0.25, 0.3) is 11.8 Å². The number of rotatable bonds is 4. The van der Waals surface area contributed by atoms with Crippen LogP contribution in [0.1, 0.15) is 20.7 Å². The predicted octanol–water partition coefficient (Wildman–Crippen LogP) is 1.61. The van der Waals surface area contributed by atoms with Crippen molar-refractivity contribution in [2.75, 3.05) is 7.11 Å². The Kier molecular flexibility index (Phi) is 3.63. The van der Waals surface area contributed by atoms with Crippen molar-refractivity contribution < 1.29 is 27.0 Å². The molecule has 0 saturated carbocycles. The summed E-state index contributed by atoms with van der Waals surface area (Å²) in [5.41, 5.74) is 0.199. The topological polar surface area (TPSA) is 90.0 Å². The van der Waals surface area contributed by atoms with E-state index in [4.69, 9.17) is 9.02 Å². The SMILES string of the molecule is COc1ccc(S(=O)(=O)ON2C(=O)c3ccccc3C2=O)cc1. The zero-order chi connectivity index (χ0) is 16.6. The zero-order valence-corrected chi connectivity index (χ0v) is 12.7. The van der Waals surface area contributed by atoms with Crippen LogP contribution < -0.4 is 4.74 Å². The highest BCUT2D eigenvalue weighted by molar-refractivity contribution is 7.86. The molecule has 0 saturated heterocycles. The minimum absolute atomic E-state index is 0.0995. The van der Waals surface area contributed by atoms with Gasteiger partial charge in [0, 0.05) is 0 Å². The van der Waals surface area contributed by atoms with Crippen LogP contribution in [-0.4, -0.2) is 32.4 Å². The summed E-state index contributed by atoms with van der Waals surface area (Å²) in [6.07, 6.45) is 0. The molecule has 8 heteroatoms. The zero-order valence-electron chi connectivity index (χ0n) is 11.9. The normalized spacial score (nSPS) is 14.0. The maximum Gasteiger partial charge on any atom is 0.318 e. The van der Waals surface area contributed by atoms with Crippen molar-refractivity contribution in [3.63, 3.8) is 0 Å². The maximum atomic E-state index is 12.2. The monoisotopic (exact) mass is 333 g/mol. The van der Waals surface area contributed by atoms with E-state index in [1.807, 2.05) is 0 Å². The summed E-state index contributed by atoms with van der Waals surface area (Å²) >= 11 is 0. The minimum Gasteiger partial charge on any atom is -0.497 e. The number of imide groups is 1. The third kappa shape index (κ3) is 2.58. The lowest BCUT2D eigenvalue weighted by atomic mass is 10.1. The van der Waals surface area contributed by atoms with Gasteiger partial charge in [-0.1, -0.05) is 12.1 Å². The van der Waals surface area contributed by atoms with E-state index in [1.54, 1.807) is 12.1 Å². The second kappa shape index (κ2) is 5.49. The van der Waals surface area contributed by atoms with Crippen molar-refractivity contribution in [3.05, 3.63) is 59.7 Å². The summed E-state index contributed by atoms with van der Waals surface area (Å²) in [7, 11) is -2.88. The molecule has 0 radical (unpaired) electrons. The smallest absolute Gasteiger partial charge is 0.318 e. The van der Waals surface area contributed by atoms with Crippen LogP contribution in [0.2, 0.25) is 0 Å². The summed E-state index contributed by atoms with van der Waals surface area (Å²) < 4.78 is 34.1. The van der Waals surface area contributed by atoms with E-state index in [2.05, 4.69) is 0 Å². The molecule has 0 N–H and O–H groups in total. The molecule has 1 heterocycles. The van der Waals surface area contributed by atoms with Crippen molar-refractivity contribution in [1.29, 1.82) is 0 Å². The molecule has 2 aromatic rings. The fourth-order valence-electron chi connectivity index (χ4n) is 2.12. The molecule has 118 valence electrons. The first-order chi connectivity index (χ1) is 10.9. The predicted molar refractivity (Wildman–Crippen MR) is 78.2 cm³/mol. The average molecular weight is 333 g/mol. The van der Waals surface area contributed by atoms with E-state index >= 15 is 0 Å². The van der Waals surface area contributed by atoms with E-state index in [-0.39, 0.29) is 21.1 Å². The Labute approximate surface area is 132 Å². The largest absolute Gasteiger partial charge is 0.497 e. The van der Waals surface area contributed by atoms with Gasteiger partial charge >= 0.3 is 10.1 Å². The lowest BCUT2D eigenvalue weighted by molar-refractivity contribution is -0.0103. The summed E-state index contributed by atoms with van der Waals surface area (Å²) in [5, 5.41) is 0.254. The highest BCUT2D eigenvalue weighted by Gasteiger charge is 2.39. The van der Waals surface area contributed by atoms with Gasteiger partial charge in [-0.2, -0.15) is 8.42 Å². The molecular weight excluding hydrogens is 322 g/mol. The molecule has 2 aromatic carbocycles. The third-order valence-corrected chi connectivity index (χ3v) is 4.47. The molecule has 0 aliphatic carbocycles. The molecule has 0 spiro atoms. The van der Waals surface area contributed by atoms with Crippen LogP contribution in [-0.2, 0) is 14.4 Å². The second-order valence-corrected chi connectivity index (χ2v) is 6.18. The van der Waals surface area contributed by atoms with Gasteiger partial charge in [0.2, 0.25) is 0 Å². The van der Waals surface area contributed by atoms with E-state index in [9.17, 15) is 18.0 Å². The van der Waals surface area contributed by atoms with Gasteiger partial charge in [0.05, 0.1) is 23.1 Å². The van der Waals surface area contributed by atoms with Gasteiger partial charge in [-0.05, 0) is 36.4 Å². The number of amides is 2. The lowest BCUT2D eigenvalue weighted by Gasteiger charge is -2.13. The maximum absolute atomic E-state index is 12.2. The fraction of sp³-hybridized carbons (Fsp3) is 0.0667. The van der Waals surface area contributed by atoms with Crippen molar-refractivity contribution in [1.82, 2.24) is 5.06 Å². The number of hydroxylamine groups is 2. The molecule has 0 unspecified atom stereocenters. The first-order valence-electron chi connectivity index (χ1n) is 6.50. The first-order valence-corrected chi connectivity index (χ1v) is 7.91. The van der Waals surface area contributed by atoms with Crippen LogP contribution in [0.5, 0.6) is 5.75 Å². The van der Waals surface area contributed by atoms with Crippen LogP contribution in [0.25, 0.3) is 0 Å². The number of ether oxygens (including phenoxy) is 1. The highest BCUT2D eigenvalue weighted by atomic mass is 32.2. The molecule has 2 amide bonds. The fourth-order valence-corrected chi connectivity index (χ4v) is 3.01. The number of hydrogen-bond acceptors (Lipinski definition) is 6. The Morgan fingerprint density at radius 2 is 1.39 bits per heavy atom. The van der Waals surface area contributed by atoms with Crippen molar-refractivity contribution in [2.45, 2.75) is 4.90 Å². The van der Waals surface area contributed by atoms with E-state index in [0.29, 0.717) is 5.75 Å². The van der Waals surface area contributed by atoms with E-state index in [0.717, 1.165) is 0 Å². The number of benzene rings is 2. The Morgan fingerprint density at radius 1 is 0.870 bits per heavy atom. The molecule has 0 atom stereocenters. The van der Waals surface area contributed by atoms with Gasteiger partial charge in [-0.15, -0.1) is 9.35 Å². The molecule has 1 aliphatic rings. The molecule has 3 rings (SSSR count). The molecule has 1 aliphatic heterocycles. The molecular formula is C15H11NO6S. The van der Waals surface area contributed by atoms with Gasteiger partial charge in [0.15, 0.2) is 0 Å². The van der Waals surface area contributed by atoms with Crippen molar-refractivity contribution >= 4 is 21.9 Å². The van der Waals surface area contributed by atoms with Gasteiger partial charge in [0.1, 0.15) is 5.75 Å². The molecule has 0 bridgehead atoms. The quantitative estimate of drug-likeness (QED) is 0.790. The van der Waals surface area contributed by atoms with Crippen molar-refractivity contribution in [3.8, 4) is 5.75 Å². The van der Waals surface area contributed by atoms with Gasteiger partial charge in [-0.25, -0.2) is 0 Å². The van der Waals surface area contributed by atoms with E-state index in [1.165, 1.54) is 43.5 Å². The van der Waals surface area contributed by atoms with Crippen LogP contribution in [0.4, 0.5) is 0 Å². The number of hydrogen-bond donors (Lipinski definition) is 0. The standard InChI is InChI=1S/C15H11NO6S/c1-21-10-6-8-11(9-7-10)23(19,20)22-16-14(17)12-4-2-3-5-13(12)15(16)18/h2-9H,1H3. The van der Waals surface area contributed by atoms with Crippen LogP contribution in [0, 0.1) is 0 Å². The minimum atomic E-state index is -4.32. The van der Waals surface area contributed by atoms with Gasteiger partial charge in [-0.3, -0.25) is 9.59 Å². The Hall–Kier alpha value is -2.71. The summed E-state index contributed by atoms with van der Waals surface area (Å²) in [4.78, 5) is 24.0. The van der Waals surface area contributed by atoms with Gasteiger partial charge < -0.3 is 4.74 Å². The first kappa shape index (κ1) is 15.2. The van der Waals surface area contributed by atoms with Crippen molar-refractivity contribution in [2.24, 2.45) is 0 Å². The lowest BCUT2D eigenvalue weighted by Crippen LogP contribution is -2.32. The molecule has 23 heavy (non-hydrogen) atoms. The van der Waals surface area contributed by atoms with Crippen LogP contribution in [0.15, 0.2) is 53.4 Å². The Bertz CT molecular complexity index is 853. The number of carbonyl (C=O) groups is 2. The van der Waals surface area contributed by atoms with E-state index < -0.39 is 21.9 Å². The number of carbonyl (C=O) groups excluding carboxylic acids is 2. The Morgan fingerprint density at radius 3 is 1.87 bits per heavy atom.